The zero-order valence-electron chi connectivity index (χ0n) is 3.97. The van der Waals surface area contributed by atoms with Crippen LogP contribution in [0.25, 0.3) is 0 Å². The molecule has 0 aromatic heterocycles. The van der Waals surface area contributed by atoms with Crippen LogP contribution >= 0.6 is 15.9 Å². The van der Waals surface area contributed by atoms with Gasteiger partial charge in [0.1, 0.15) is 0 Å². The fraction of sp³-hybridized carbons (Fsp3) is 0.333. The fourth-order valence-corrected chi connectivity index (χ4v) is 0.280. The topological polar surface area (TPSA) is 61.7 Å². The molecule has 0 heterocycles. The van der Waals surface area contributed by atoms with Crippen LogP contribution in [-0.2, 0) is 0 Å². The van der Waals surface area contributed by atoms with Crippen molar-refractivity contribution in [2.45, 2.75) is 0 Å². The molecule has 2 N–H and O–H groups in total. The summed E-state index contributed by atoms with van der Waals surface area (Å²) < 4.78 is 0. The molecule has 0 aromatic carbocycles. The van der Waals surface area contributed by atoms with Crippen LogP contribution < -0.4 is 5.43 Å². The van der Waals surface area contributed by atoms with Crippen molar-refractivity contribution < 1.29 is 9.90 Å². The van der Waals surface area contributed by atoms with Crippen LogP contribution in [0.15, 0.2) is 5.10 Å². The standard InChI is InChI=1S/C3H5BrN2O2/c4-1-2-5-6-3(7)8/h2,6H,1H2,(H,7,8). The molecule has 0 aliphatic carbocycles. The van der Waals surface area contributed by atoms with Crippen molar-refractivity contribution in [3.05, 3.63) is 0 Å². The molecule has 8 heavy (non-hydrogen) atoms. The number of hydrazone groups is 1. The number of hydrogen-bond acceptors (Lipinski definition) is 2. The molecule has 0 saturated carbocycles. The summed E-state index contributed by atoms with van der Waals surface area (Å²) in [6.07, 6.45) is 0.246. The lowest BCUT2D eigenvalue weighted by molar-refractivity contribution is 0.195. The summed E-state index contributed by atoms with van der Waals surface area (Å²) >= 11 is 3.02. The first-order chi connectivity index (χ1) is 3.77. The Morgan fingerprint density at radius 3 is 3.00 bits per heavy atom. The predicted octanol–water partition coefficient (Wildman–Crippen LogP) is 0.635. The van der Waals surface area contributed by atoms with Crippen molar-refractivity contribution >= 4 is 28.2 Å². The van der Waals surface area contributed by atoms with Gasteiger partial charge < -0.3 is 5.11 Å². The fourth-order valence-electron chi connectivity index (χ4n) is 0.135. The second-order valence-electron chi connectivity index (χ2n) is 0.883. The van der Waals surface area contributed by atoms with Crippen molar-refractivity contribution in [2.75, 3.05) is 5.33 Å². The Balaban J connectivity index is 3.16. The molecule has 0 rings (SSSR count). The van der Waals surface area contributed by atoms with Gasteiger partial charge in [0.2, 0.25) is 0 Å². The summed E-state index contributed by atoms with van der Waals surface area (Å²) in [5, 5.41) is 11.7. The maximum absolute atomic E-state index is 9.63. The van der Waals surface area contributed by atoms with E-state index in [0.717, 1.165) is 0 Å². The third kappa shape index (κ3) is 5.42. The summed E-state index contributed by atoms with van der Waals surface area (Å²) in [4.78, 5) is 9.63. The van der Waals surface area contributed by atoms with Gasteiger partial charge in [0.25, 0.3) is 0 Å². The Kier molecular flexibility index (Phi) is 4.24. The molecule has 1 amide bonds. The molecular formula is C3H5BrN2O2. The van der Waals surface area contributed by atoms with E-state index in [1.807, 2.05) is 0 Å². The molecule has 5 heteroatoms. The highest BCUT2D eigenvalue weighted by Crippen LogP contribution is 1.70. The summed E-state index contributed by atoms with van der Waals surface area (Å²) in [5.41, 5.74) is 1.80. The number of hydrogen-bond donors (Lipinski definition) is 2. The predicted molar refractivity (Wildman–Crippen MR) is 33.4 cm³/mol. The number of amides is 1. The molecule has 0 fully saturated rings. The van der Waals surface area contributed by atoms with E-state index < -0.39 is 6.09 Å². The Morgan fingerprint density at radius 2 is 2.62 bits per heavy atom. The molecule has 46 valence electrons. The summed E-state index contributed by atoms with van der Waals surface area (Å²) in [6.45, 7) is 0. The molecule has 0 saturated heterocycles. The van der Waals surface area contributed by atoms with Gasteiger partial charge in [0, 0.05) is 11.5 Å². The highest BCUT2D eigenvalue weighted by atomic mass is 79.9. The van der Waals surface area contributed by atoms with Crippen molar-refractivity contribution in [1.82, 2.24) is 5.43 Å². The van der Waals surface area contributed by atoms with Crippen molar-refractivity contribution in [3.8, 4) is 0 Å². The van der Waals surface area contributed by atoms with Crippen molar-refractivity contribution in [1.29, 1.82) is 0 Å². The first-order valence-electron chi connectivity index (χ1n) is 1.84. The van der Waals surface area contributed by atoms with E-state index in [0.29, 0.717) is 5.33 Å². The lowest BCUT2D eigenvalue weighted by Crippen LogP contribution is -2.13. The van der Waals surface area contributed by atoms with Crippen LogP contribution in [0.1, 0.15) is 0 Å². The number of alkyl halides is 1. The van der Waals surface area contributed by atoms with Gasteiger partial charge in [-0.25, -0.2) is 10.2 Å². The van der Waals surface area contributed by atoms with Crippen molar-refractivity contribution in [3.63, 3.8) is 0 Å². The third-order valence-electron chi connectivity index (χ3n) is 0.320. The maximum Gasteiger partial charge on any atom is 0.425 e. The maximum atomic E-state index is 9.63. The molecule has 4 nitrogen and oxygen atoms in total. The number of carbonyl (C=O) groups is 1. The second-order valence-corrected chi connectivity index (χ2v) is 1.53. The molecule has 0 unspecified atom stereocenters. The molecular weight excluding hydrogens is 176 g/mol. The minimum absolute atomic E-state index is 0.549. The highest BCUT2D eigenvalue weighted by molar-refractivity contribution is 9.09. The van der Waals surface area contributed by atoms with Crippen LogP contribution in [-0.4, -0.2) is 22.7 Å². The van der Waals surface area contributed by atoms with E-state index in [4.69, 9.17) is 5.11 Å². The molecule has 0 spiro atoms. The second kappa shape index (κ2) is 4.58. The zero-order chi connectivity index (χ0) is 6.41. The zero-order valence-corrected chi connectivity index (χ0v) is 5.55. The SMILES string of the molecule is O=C(O)NN=CCBr. The van der Waals surface area contributed by atoms with Gasteiger partial charge in [-0.1, -0.05) is 15.9 Å². The van der Waals surface area contributed by atoms with Gasteiger partial charge in [0.05, 0.1) is 0 Å². The van der Waals surface area contributed by atoms with E-state index in [1.54, 1.807) is 5.43 Å². The summed E-state index contributed by atoms with van der Waals surface area (Å²) in [6, 6.07) is 0. The van der Waals surface area contributed by atoms with Gasteiger partial charge >= 0.3 is 6.09 Å². The van der Waals surface area contributed by atoms with E-state index in [9.17, 15) is 4.79 Å². The van der Waals surface area contributed by atoms with Gasteiger partial charge in [-0.2, -0.15) is 5.10 Å². The molecule has 0 aliphatic heterocycles. The number of halogens is 1. The van der Waals surface area contributed by atoms with Gasteiger partial charge in [0.15, 0.2) is 0 Å². The van der Waals surface area contributed by atoms with E-state index in [-0.39, 0.29) is 0 Å². The quantitative estimate of drug-likeness (QED) is 0.373. The lowest BCUT2D eigenvalue weighted by atomic mass is 10.9. The Bertz CT molecular complexity index is 103. The van der Waals surface area contributed by atoms with Gasteiger partial charge in [-0.3, -0.25) is 0 Å². The molecule has 0 atom stereocenters. The van der Waals surface area contributed by atoms with Crippen LogP contribution in [0.5, 0.6) is 0 Å². The third-order valence-corrected chi connectivity index (χ3v) is 0.610. The number of nitrogens with zero attached hydrogens (tertiary/aromatic N) is 1. The number of carboxylic acid groups (broad SMARTS) is 1. The van der Waals surface area contributed by atoms with Crippen LogP contribution in [0, 0.1) is 0 Å². The molecule has 0 aromatic rings. The van der Waals surface area contributed by atoms with E-state index >= 15 is 0 Å². The van der Waals surface area contributed by atoms with E-state index in [2.05, 4.69) is 21.0 Å². The van der Waals surface area contributed by atoms with Crippen LogP contribution in [0.2, 0.25) is 0 Å². The Morgan fingerprint density at radius 1 is 2.00 bits per heavy atom. The minimum Gasteiger partial charge on any atom is -0.464 e. The van der Waals surface area contributed by atoms with Crippen LogP contribution in [0.3, 0.4) is 0 Å². The monoisotopic (exact) mass is 180 g/mol. The molecule has 0 radical (unpaired) electrons. The Hall–Kier alpha value is -0.580. The molecule has 0 aliphatic rings. The average molecular weight is 181 g/mol. The first kappa shape index (κ1) is 7.42. The largest absolute Gasteiger partial charge is 0.464 e. The average Bonchev–Trinajstić information content (AvgIpc) is 1.66. The van der Waals surface area contributed by atoms with Crippen molar-refractivity contribution in [2.24, 2.45) is 5.10 Å². The lowest BCUT2D eigenvalue weighted by Gasteiger charge is -1.84. The Labute approximate surface area is 54.7 Å². The number of rotatable bonds is 2. The summed E-state index contributed by atoms with van der Waals surface area (Å²) in [7, 11) is 0. The van der Waals surface area contributed by atoms with Gasteiger partial charge in [-0.15, -0.1) is 0 Å². The summed E-state index contributed by atoms with van der Waals surface area (Å²) in [5.74, 6) is 0. The normalized spacial score (nSPS) is 9.62. The smallest absolute Gasteiger partial charge is 0.425 e. The van der Waals surface area contributed by atoms with Gasteiger partial charge in [-0.05, 0) is 0 Å². The molecule has 0 bridgehead atoms. The van der Waals surface area contributed by atoms with E-state index in [1.165, 1.54) is 6.21 Å². The minimum atomic E-state index is -1.15. The van der Waals surface area contributed by atoms with Crippen LogP contribution in [0.4, 0.5) is 4.79 Å². The first-order valence-corrected chi connectivity index (χ1v) is 2.96. The number of nitrogens with one attached hydrogen (secondary N) is 1. The highest BCUT2D eigenvalue weighted by Gasteiger charge is 1.83.